The van der Waals surface area contributed by atoms with Crippen LogP contribution < -0.4 is 29.6 Å². The number of hydrogen-bond acceptors (Lipinski definition) is 3. The molecule has 2 amide bonds. The molecule has 0 saturated heterocycles. The Bertz CT molecular complexity index is 376. The van der Waals surface area contributed by atoms with Crippen LogP contribution in [0.4, 0.5) is 0 Å². The SMILES string of the molecule is O=C1c2ccccc2C(=O)N1CCO.[H-].[Na+]. The van der Waals surface area contributed by atoms with Gasteiger partial charge in [-0.3, -0.25) is 14.5 Å². The molecule has 0 saturated carbocycles. The summed E-state index contributed by atoms with van der Waals surface area (Å²) in [6, 6.07) is 6.67. The number of aliphatic hydroxyl groups excluding tert-OH is 1. The summed E-state index contributed by atoms with van der Waals surface area (Å²) in [6.45, 7) is -0.141. The first-order valence-electron chi connectivity index (χ1n) is 4.32. The fraction of sp³-hybridized carbons (Fsp3) is 0.200. The molecule has 1 N–H and O–H groups in total. The van der Waals surface area contributed by atoms with Gasteiger partial charge in [0, 0.05) is 0 Å². The van der Waals surface area contributed by atoms with Crippen molar-refractivity contribution in [3.63, 3.8) is 0 Å². The summed E-state index contributed by atoms with van der Waals surface area (Å²) in [4.78, 5) is 24.2. The molecule has 2 rings (SSSR count). The summed E-state index contributed by atoms with van der Waals surface area (Å²) < 4.78 is 0. The number of rotatable bonds is 2. The Kier molecular flexibility index (Phi) is 4.04. The molecular weight excluding hydrogens is 205 g/mol. The standard InChI is InChI=1S/C10H9NO3.Na.H/c12-6-5-11-9(13)7-3-1-2-4-8(7)10(11)14;;/h1-4,12H,5-6H2;;/q;+1;-1. The van der Waals surface area contributed by atoms with Crippen molar-refractivity contribution in [3.8, 4) is 0 Å². The Hall–Kier alpha value is -0.680. The van der Waals surface area contributed by atoms with E-state index in [1.165, 1.54) is 0 Å². The summed E-state index contributed by atoms with van der Waals surface area (Å²) >= 11 is 0. The molecule has 0 fully saturated rings. The average molecular weight is 215 g/mol. The van der Waals surface area contributed by atoms with Crippen molar-refractivity contribution in [3.05, 3.63) is 35.4 Å². The van der Waals surface area contributed by atoms with Crippen LogP contribution in [0.1, 0.15) is 22.1 Å². The van der Waals surface area contributed by atoms with E-state index in [4.69, 9.17) is 5.11 Å². The molecule has 5 heteroatoms. The number of nitrogens with zero attached hydrogens (tertiary/aromatic N) is 1. The van der Waals surface area contributed by atoms with Crippen LogP contribution in [-0.4, -0.2) is 35.0 Å². The monoisotopic (exact) mass is 215 g/mol. The predicted molar refractivity (Wildman–Crippen MR) is 50.0 cm³/mol. The van der Waals surface area contributed by atoms with E-state index in [1.54, 1.807) is 24.3 Å². The van der Waals surface area contributed by atoms with Crippen molar-refractivity contribution < 1.29 is 45.7 Å². The maximum atomic E-state index is 11.6. The molecule has 0 atom stereocenters. The number of carbonyl (C=O) groups is 2. The third-order valence-electron chi connectivity index (χ3n) is 2.20. The molecule has 0 aromatic heterocycles. The molecule has 15 heavy (non-hydrogen) atoms. The molecule has 0 unspecified atom stereocenters. The van der Waals surface area contributed by atoms with Crippen molar-refractivity contribution in [2.24, 2.45) is 0 Å². The first-order valence-corrected chi connectivity index (χ1v) is 4.32. The van der Waals surface area contributed by atoms with Crippen LogP contribution >= 0.6 is 0 Å². The maximum absolute atomic E-state index is 11.6. The second-order valence-corrected chi connectivity index (χ2v) is 3.03. The number of amides is 2. The normalized spacial score (nSPS) is 13.8. The van der Waals surface area contributed by atoms with E-state index in [9.17, 15) is 9.59 Å². The smallest absolute Gasteiger partial charge is 1.00 e. The van der Waals surface area contributed by atoms with Crippen molar-refractivity contribution in [1.82, 2.24) is 4.90 Å². The van der Waals surface area contributed by atoms with Gasteiger partial charge in [0.15, 0.2) is 0 Å². The van der Waals surface area contributed by atoms with E-state index in [-0.39, 0.29) is 55.9 Å². The Balaban J connectivity index is 0.00000112. The van der Waals surface area contributed by atoms with Gasteiger partial charge in [-0.2, -0.15) is 0 Å². The average Bonchev–Trinajstić information content (AvgIpc) is 2.45. The van der Waals surface area contributed by atoms with Gasteiger partial charge in [0.1, 0.15) is 0 Å². The van der Waals surface area contributed by atoms with Crippen LogP contribution in [0.25, 0.3) is 0 Å². The van der Waals surface area contributed by atoms with Gasteiger partial charge in [-0.1, -0.05) is 12.1 Å². The van der Waals surface area contributed by atoms with Gasteiger partial charge in [-0.05, 0) is 12.1 Å². The van der Waals surface area contributed by atoms with Crippen LogP contribution in [0.15, 0.2) is 24.3 Å². The fourth-order valence-electron chi connectivity index (χ4n) is 1.54. The third-order valence-corrected chi connectivity index (χ3v) is 2.20. The van der Waals surface area contributed by atoms with Crippen molar-refractivity contribution in [2.45, 2.75) is 0 Å². The molecule has 0 spiro atoms. The molecule has 0 bridgehead atoms. The summed E-state index contributed by atoms with van der Waals surface area (Å²) in [6.07, 6.45) is 0. The molecule has 0 radical (unpaired) electrons. The first-order chi connectivity index (χ1) is 6.75. The fourth-order valence-corrected chi connectivity index (χ4v) is 1.54. The second kappa shape index (κ2) is 4.90. The zero-order valence-electron chi connectivity index (χ0n) is 9.43. The largest absolute Gasteiger partial charge is 1.00 e. The quantitative estimate of drug-likeness (QED) is 0.434. The number of carbonyl (C=O) groups excluding carboxylic acids is 2. The first kappa shape index (κ1) is 12.4. The number of β-amino-alcohol motifs (C(OH)–C–C–N with tert-alkyl or cyclic N) is 1. The molecule has 1 aliphatic heterocycles. The van der Waals surface area contributed by atoms with E-state index in [1.807, 2.05) is 0 Å². The van der Waals surface area contributed by atoms with Crippen LogP contribution in [0, 0.1) is 0 Å². The Morgan fingerprint density at radius 2 is 1.60 bits per heavy atom. The number of imide groups is 1. The van der Waals surface area contributed by atoms with Crippen molar-refractivity contribution in [1.29, 1.82) is 0 Å². The van der Waals surface area contributed by atoms with Crippen LogP contribution in [0.3, 0.4) is 0 Å². The second-order valence-electron chi connectivity index (χ2n) is 3.03. The van der Waals surface area contributed by atoms with Gasteiger partial charge in [-0.25, -0.2) is 0 Å². The number of hydrogen-bond donors (Lipinski definition) is 1. The summed E-state index contributed by atoms with van der Waals surface area (Å²) in [7, 11) is 0. The van der Waals surface area contributed by atoms with Crippen LogP contribution in [0.2, 0.25) is 0 Å². The van der Waals surface area contributed by atoms with Crippen LogP contribution in [0.5, 0.6) is 0 Å². The van der Waals surface area contributed by atoms with Crippen molar-refractivity contribution >= 4 is 11.8 Å². The maximum Gasteiger partial charge on any atom is 1.00 e. The number of benzene rings is 1. The van der Waals surface area contributed by atoms with Gasteiger partial charge in [0.25, 0.3) is 11.8 Å². The minimum Gasteiger partial charge on any atom is -1.00 e. The molecule has 4 nitrogen and oxygen atoms in total. The zero-order valence-corrected chi connectivity index (χ0v) is 10.4. The van der Waals surface area contributed by atoms with E-state index in [2.05, 4.69) is 0 Å². The van der Waals surface area contributed by atoms with Crippen molar-refractivity contribution in [2.75, 3.05) is 13.2 Å². The Labute approximate surface area is 111 Å². The molecule has 74 valence electrons. The minimum atomic E-state index is -0.320. The van der Waals surface area contributed by atoms with Gasteiger partial charge in [-0.15, -0.1) is 0 Å². The third kappa shape index (κ3) is 1.99. The summed E-state index contributed by atoms with van der Waals surface area (Å²) in [5.74, 6) is -0.640. The molecule has 1 heterocycles. The molecule has 1 aromatic rings. The van der Waals surface area contributed by atoms with Gasteiger partial charge >= 0.3 is 29.6 Å². The molecule has 1 aromatic carbocycles. The zero-order chi connectivity index (χ0) is 10.1. The van der Waals surface area contributed by atoms with E-state index < -0.39 is 0 Å². The van der Waals surface area contributed by atoms with Gasteiger partial charge in [0.05, 0.1) is 24.3 Å². The predicted octanol–water partition coefficient (Wildman–Crippen LogP) is -2.61. The molecule has 1 aliphatic rings. The van der Waals surface area contributed by atoms with E-state index >= 15 is 0 Å². The topological polar surface area (TPSA) is 57.6 Å². The van der Waals surface area contributed by atoms with Gasteiger partial charge < -0.3 is 6.53 Å². The van der Waals surface area contributed by atoms with E-state index in [0.717, 1.165) is 4.90 Å². The minimum absolute atomic E-state index is 0. The van der Waals surface area contributed by atoms with Crippen LogP contribution in [-0.2, 0) is 0 Å². The number of aliphatic hydroxyl groups is 1. The molecule has 0 aliphatic carbocycles. The molecular formula is C10H10NNaO3. The Morgan fingerprint density at radius 3 is 2.00 bits per heavy atom. The number of fused-ring (bicyclic) bond motifs is 1. The van der Waals surface area contributed by atoms with E-state index in [0.29, 0.717) is 11.1 Å². The summed E-state index contributed by atoms with van der Waals surface area (Å²) in [5, 5.41) is 8.70. The summed E-state index contributed by atoms with van der Waals surface area (Å²) in [5.41, 5.74) is 0.844. The van der Waals surface area contributed by atoms with Gasteiger partial charge in [0.2, 0.25) is 0 Å². The Morgan fingerprint density at radius 1 is 1.13 bits per heavy atom.